The molecule has 0 atom stereocenters. The molecule has 0 amide bonds. The molecule has 0 unspecified atom stereocenters. The zero-order valence-electron chi connectivity index (χ0n) is 11.9. The molecular weight excluding hydrogens is 288 g/mol. The van der Waals surface area contributed by atoms with Crippen molar-refractivity contribution in [1.29, 1.82) is 5.26 Å². The first kappa shape index (κ1) is 16.0. The average Bonchev–Trinajstić information content (AvgIpc) is 2.47. The number of nitrogens with zero attached hydrogens (tertiary/aromatic N) is 1. The molecule has 5 nitrogen and oxygen atoms in total. The van der Waals surface area contributed by atoms with Crippen LogP contribution < -0.4 is 4.72 Å². The topological polar surface area (TPSA) is 90.2 Å². The van der Waals surface area contributed by atoms with E-state index in [9.17, 15) is 13.5 Å². The van der Waals surface area contributed by atoms with E-state index in [1.165, 1.54) is 0 Å². The second kappa shape index (κ2) is 6.56. The molecule has 6 heteroatoms. The van der Waals surface area contributed by atoms with Crippen LogP contribution in [0, 0.1) is 11.3 Å². The van der Waals surface area contributed by atoms with Crippen molar-refractivity contribution in [3.8, 4) is 6.07 Å². The number of benzene rings is 1. The predicted molar refractivity (Wildman–Crippen MR) is 79.8 cm³/mol. The van der Waals surface area contributed by atoms with Crippen molar-refractivity contribution in [1.82, 2.24) is 4.72 Å². The average molecular weight is 308 g/mol. The second-order valence-corrected chi connectivity index (χ2v) is 7.44. The van der Waals surface area contributed by atoms with E-state index in [2.05, 4.69) is 4.72 Å². The number of aliphatic hydroxyl groups is 1. The van der Waals surface area contributed by atoms with Gasteiger partial charge < -0.3 is 5.11 Å². The summed E-state index contributed by atoms with van der Waals surface area (Å²) in [5, 5.41) is 19.3. The third-order valence-corrected chi connectivity index (χ3v) is 5.16. The van der Waals surface area contributed by atoms with E-state index in [0.717, 1.165) is 19.3 Å². The largest absolute Gasteiger partial charge is 0.389 e. The van der Waals surface area contributed by atoms with Gasteiger partial charge in [-0.3, -0.25) is 0 Å². The summed E-state index contributed by atoms with van der Waals surface area (Å²) in [7, 11) is -3.57. The Hall–Kier alpha value is -1.42. The van der Waals surface area contributed by atoms with E-state index in [0.29, 0.717) is 24.0 Å². The van der Waals surface area contributed by atoms with Crippen molar-refractivity contribution in [2.24, 2.45) is 0 Å². The predicted octanol–water partition coefficient (Wildman–Crippen LogP) is 1.67. The van der Waals surface area contributed by atoms with Gasteiger partial charge in [-0.25, -0.2) is 13.1 Å². The fourth-order valence-electron chi connectivity index (χ4n) is 2.64. The molecular formula is C15H20N2O3S. The molecule has 0 aliphatic heterocycles. The van der Waals surface area contributed by atoms with Gasteiger partial charge in [0.15, 0.2) is 0 Å². The van der Waals surface area contributed by atoms with Crippen LogP contribution in [0.5, 0.6) is 0 Å². The molecule has 1 fully saturated rings. The van der Waals surface area contributed by atoms with Gasteiger partial charge >= 0.3 is 0 Å². The Morgan fingerprint density at radius 3 is 2.57 bits per heavy atom. The summed E-state index contributed by atoms with van der Waals surface area (Å²) in [6.45, 7) is 0.0457. The van der Waals surface area contributed by atoms with Gasteiger partial charge in [0.2, 0.25) is 10.0 Å². The molecule has 1 aromatic carbocycles. The summed E-state index contributed by atoms with van der Waals surface area (Å²) in [6, 6.07) is 8.63. The lowest BCUT2D eigenvalue weighted by molar-refractivity contribution is 0.00944. The highest BCUT2D eigenvalue weighted by Crippen LogP contribution is 2.27. The Balaban J connectivity index is 2.01. The van der Waals surface area contributed by atoms with Gasteiger partial charge in [-0.1, -0.05) is 37.5 Å². The Morgan fingerprint density at radius 2 is 1.90 bits per heavy atom. The Kier molecular flexibility index (Phi) is 4.99. The van der Waals surface area contributed by atoms with Gasteiger partial charge in [0.25, 0.3) is 0 Å². The fourth-order valence-corrected chi connectivity index (χ4v) is 3.89. The Morgan fingerprint density at radius 1 is 1.24 bits per heavy atom. The van der Waals surface area contributed by atoms with Crippen LogP contribution in [0.15, 0.2) is 24.3 Å². The molecule has 1 aliphatic rings. The lowest BCUT2D eigenvalue weighted by Gasteiger charge is -2.32. The first-order valence-electron chi connectivity index (χ1n) is 7.12. The molecule has 0 saturated heterocycles. The highest BCUT2D eigenvalue weighted by molar-refractivity contribution is 7.88. The number of nitrogens with one attached hydrogen (secondary N) is 1. The monoisotopic (exact) mass is 308 g/mol. The van der Waals surface area contributed by atoms with Crippen molar-refractivity contribution in [3.63, 3.8) is 0 Å². The molecule has 2 rings (SSSR count). The maximum atomic E-state index is 12.1. The van der Waals surface area contributed by atoms with Crippen LogP contribution in [-0.2, 0) is 15.8 Å². The molecule has 1 aliphatic carbocycles. The minimum atomic E-state index is -3.57. The fraction of sp³-hybridized carbons (Fsp3) is 0.533. The maximum absolute atomic E-state index is 12.1. The van der Waals surface area contributed by atoms with Gasteiger partial charge in [0, 0.05) is 6.54 Å². The first-order valence-corrected chi connectivity index (χ1v) is 8.77. The minimum Gasteiger partial charge on any atom is -0.389 e. The highest BCUT2D eigenvalue weighted by Gasteiger charge is 2.30. The molecule has 0 spiro atoms. The van der Waals surface area contributed by atoms with E-state index in [1.54, 1.807) is 24.3 Å². The molecule has 1 saturated carbocycles. The van der Waals surface area contributed by atoms with E-state index in [4.69, 9.17) is 5.26 Å². The van der Waals surface area contributed by atoms with Crippen LogP contribution in [0.4, 0.5) is 0 Å². The molecule has 0 heterocycles. The zero-order valence-corrected chi connectivity index (χ0v) is 12.7. The SMILES string of the molecule is N#Cc1ccccc1CS(=O)(=O)NCC1(O)CCCCC1. The molecule has 114 valence electrons. The number of sulfonamides is 1. The van der Waals surface area contributed by atoms with Gasteiger partial charge in [-0.15, -0.1) is 0 Å². The van der Waals surface area contributed by atoms with E-state index in [-0.39, 0.29) is 12.3 Å². The summed E-state index contributed by atoms with van der Waals surface area (Å²) in [5.41, 5.74) is -0.0949. The summed E-state index contributed by atoms with van der Waals surface area (Å²) >= 11 is 0. The van der Waals surface area contributed by atoms with Crippen LogP contribution >= 0.6 is 0 Å². The van der Waals surface area contributed by atoms with Crippen LogP contribution in [-0.4, -0.2) is 25.7 Å². The zero-order chi connectivity index (χ0) is 15.3. The number of nitriles is 1. The van der Waals surface area contributed by atoms with Crippen molar-refractivity contribution < 1.29 is 13.5 Å². The van der Waals surface area contributed by atoms with Crippen molar-refractivity contribution in [2.75, 3.05) is 6.54 Å². The molecule has 2 N–H and O–H groups in total. The van der Waals surface area contributed by atoms with Gasteiger partial charge in [-0.2, -0.15) is 5.26 Å². The Bertz CT molecular complexity index is 629. The second-order valence-electron chi connectivity index (χ2n) is 5.63. The number of rotatable bonds is 5. The van der Waals surface area contributed by atoms with Crippen LogP contribution in [0.2, 0.25) is 0 Å². The summed E-state index contributed by atoms with van der Waals surface area (Å²) in [5.74, 6) is -0.243. The molecule has 21 heavy (non-hydrogen) atoms. The van der Waals surface area contributed by atoms with Crippen molar-refractivity contribution >= 4 is 10.0 Å². The normalized spacial score (nSPS) is 18.1. The van der Waals surface area contributed by atoms with Crippen molar-refractivity contribution in [2.45, 2.75) is 43.5 Å². The van der Waals surface area contributed by atoms with Gasteiger partial charge in [-0.05, 0) is 24.5 Å². The maximum Gasteiger partial charge on any atom is 0.215 e. The van der Waals surface area contributed by atoms with Crippen LogP contribution in [0.25, 0.3) is 0 Å². The summed E-state index contributed by atoms with van der Waals surface area (Å²) < 4.78 is 26.7. The molecule has 0 bridgehead atoms. The van der Waals surface area contributed by atoms with E-state index in [1.807, 2.05) is 6.07 Å². The van der Waals surface area contributed by atoms with Crippen LogP contribution in [0.1, 0.15) is 43.2 Å². The first-order chi connectivity index (χ1) is 9.94. The quantitative estimate of drug-likeness (QED) is 0.866. The van der Waals surface area contributed by atoms with E-state index < -0.39 is 15.6 Å². The smallest absolute Gasteiger partial charge is 0.215 e. The standard InChI is InChI=1S/C15H20N2O3S/c16-10-13-6-2-3-7-14(13)11-21(19,20)17-12-15(18)8-4-1-5-9-15/h2-3,6-7,17-18H,1,4-5,8-9,11-12H2. The van der Waals surface area contributed by atoms with E-state index >= 15 is 0 Å². The Labute approximate surface area is 125 Å². The van der Waals surface area contributed by atoms with Crippen LogP contribution in [0.3, 0.4) is 0 Å². The lowest BCUT2D eigenvalue weighted by atomic mass is 9.85. The summed E-state index contributed by atoms with van der Waals surface area (Å²) in [4.78, 5) is 0. The van der Waals surface area contributed by atoms with Gasteiger partial charge in [0.05, 0.1) is 23.0 Å². The summed E-state index contributed by atoms with van der Waals surface area (Å²) in [6.07, 6.45) is 4.20. The van der Waals surface area contributed by atoms with Crippen molar-refractivity contribution in [3.05, 3.63) is 35.4 Å². The molecule has 0 radical (unpaired) electrons. The highest BCUT2D eigenvalue weighted by atomic mass is 32.2. The third-order valence-electron chi connectivity index (χ3n) is 3.89. The minimum absolute atomic E-state index is 0.0457. The molecule has 1 aromatic rings. The third kappa shape index (κ3) is 4.53. The molecule has 0 aromatic heterocycles. The number of hydrogen-bond donors (Lipinski definition) is 2. The lowest BCUT2D eigenvalue weighted by Crippen LogP contribution is -2.44. The van der Waals surface area contributed by atoms with Gasteiger partial charge in [0.1, 0.15) is 0 Å². The number of hydrogen-bond acceptors (Lipinski definition) is 4.